The highest BCUT2D eigenvalue weighted by Gasteiger charge is 2.36. The molecule has 2 aliphatic heterocycles. The lowest BCUT2D eigenvalue weighted by molar-refractivity contribution is -0.0117. The Morgan fingerprint density at radius 2 is 1.77 bits per heavy atom. The average molecular weight is 545 g/mol. The number of nitrogens with two attached hydrogens (primary N) is 1. The monoisotopic (exact) mass is 544 g/mol. The van der Waals surface area contributed by atoms with E-state index >= 15 is 13.2 Å². The Labute approximate surface area is 224 Å². The van der Waals surface area contributed by atoms with Gasteiger partial charge in [0.1, 0.15) is 28.8 Å². The van der Waals surface area contributed by atoms with Crippen LogP contribution in [0.1, 0.15) is 36.6 Å². The van der Waals surface area contributed by atoms with Crippen molar-refractivity contribution in [3.8, 4) is 11.3 Å². The molecule has 0 spiro atoms. The van der Waals surface area contributed by atoms with Crippen LogP contribution >= 0.6 is 0 Å². The van der Waals surface area contributed by atoms with Gasteiger partial charge in [-0.25, -0.2) is 22.5 Å². The molecule has 4 heterocycles. The van der Waals surface area contributed by atoms with Gasteiger partial charge >= 0.3 is 0 Å². The first-order chi connectivity index (χ1) is 18.7. The highest BCUT2D eigenvalue weighted by Crippen LogP contribution is 2.39. The first-order valence-electron chi connectivity index (χ1n) is 13.2. The molecule has 0 bridgehead atoms. The van der Waals surface area contributed by atoms with Gasteiger partial charge in [-0.15, -0.1) is 0 Å². The summed E-state index contributed by atoms with van der Waals surface area (Å²) in [5.41, 5.74) is 5.33. The van der Waals surface area contributed by atoms with Gasteiger partial charge in [0.2, 0.25) is 0 Å². The molecule has 0 unspecified atom stereocenters. The van der Waals surface area contributed by atoms with E-state index in [2.05, 4.69) is 14.9 Å². The summed E-state index contributed by atoms with van der Waals surface area (Å²) in [5, 5.41) is 10.2. The van der Waals surface area contributed by atoms with Gasteiger partial charge in [-0.1, -0.05) is 6.92 Å². The Morgan fingerprint density at radius 1 is 1.05 bits per heavy atom. The number of aryl methyl sites for hydroxylation is 2. The summed E-state index contributed by atoms with van der Waals surface area (Å²) in [6.07, 6.45) is 3.68. The number of piperidine rings is 1. The third-order valence-corrected chi connectivity index (χ3v) is 7.82. The molecule has 1 aromatic carbocycles. The summed E-state index contributed by atoms with van der Waals surface area (Å²) >= 11 is 0. The third-order valence-electron chi connectivity index (χ3n) is 7.82. The minimum Gasteiger partial charge on any atom is -0.391 e. The summed E-state index contributed by atoms with van der Waals surface area (Å²) in [6.45, 7) is 3.38. The van der Waals surface area contributed by atoms with Gasteiger partial charge < -0.3 is 20.5 Å². The lowest BCUT2D eigenvalue weighted by Gasteiger charge is -2.40. The van der Waals surface area contributed by atoms with Crippen molar-refractivity contribution >= 4 is 5.69 Å². The summed E-state index contributed by atoms with van der Waals surface area (Å²) < 4.78 is 65.6. The van der Waals surface area contributed by atoms with E-state index in [0.717, 1.165) is 29.4 Å². The molecule has 6 nitrogen and oxygen atoms in total. The van der Waals surface area contributed by atoms with Crippen LogP contribution in [0.15, 0.2) is 42.7 Å². The minimum atomic E-state index is -1.90. The van der Waals surface area contributed by atoms with E-state index in [9.17, 15) is 9.50 Å². The molecular formula is C29H32F4N4O2. The summed E-state index contributed by atoms with van der Waals surface area (Å²) in [4.78, 5) is 10.6. The van der Waals surface area contributed by atoms with E-state index in [4.69, 9.17) is 10.5 Å². The maximum Gasteiger partial charge on any atom is 0.149 e. The predicted octanol–water partition coefficient (Wildman–Crippen LogP) is 4.47. The number of aromatic nitrogens is 2. The Balaban J connectivity index is 1.38. The van der Waals surface area contributed by atoms with Crippen LogP contribution in [0, 0.1) is 23.4 Å². The number of rotatable bonds is 6. The molecule has 208 valence electrons. The maximum atomic E-state index is 15.3. The number of anilines is 1. The van der Waals surface area contributed by atoms with E-state index in [-0.39, 0.29) is 43.6 Å². The largest absolute Gasteiger partial charge is 0.391 e. The second kappa shape index (κ2) is 11.2. The van der Waals surface area contributed by atoms with E-state index < -0.39 is 40.5 Å². The first-order valence-corrected chi connectivity index (χ1v) is 13.2. The number of aliphatic hydroxyl groups is 1. The van der Waals surface area contributed by atoms with Gasteiger partial charge in [-0.05, 0) is 54.3 Å². The van der Waals surface area contributed by atoms with Gasteiger partial charge in [0.05, 0.1) is 11.7 Å². The number of pyridine rings is 2. The Hall–Kier alpha value is -3.08. The number of aliphatic hydroxyl groups excluding tert-OH is 1. The summed E-state index contributed by atoms with van der Waals surface area (Å²) in [5.74, 6) is -3.01. The van der Waals surface area contributed by atoms with Crippen LogP contribution < -0.4 is 10.6 Å². The standard InChI is InChI=1S/C29H32F4N4O2/c1-17-15-37(16-24(34)28(17)38)25-6-9-35-14-18(25)2-3-20-4-5-21(30)27(36-20)26-22(31)12-19(13-23(26)32)29(33)7-10-39-11-8-29/h4-6,9,12-14,17,24,28,38H,2-3,7-8,10-11,15-16,34H2,1H3/t17-,24+,28+/m0/s1. The average Bonchev–Trinajstić information content (AvgIpc) is 2.92. The van der Waals surface area contributed by atoms with Crippen molar-refractivity contribution in [2.24, 2.45) is 11.7 Å². The highest BCUT2D eigenvalue weighted by molar-refractivity contribution is 5.63. The molecule has 3 atom stereocenters. The molecule has 3 N–H and O–H groups in total. The van der Waals surface area contributed by atoms with E-state index in [1.807, 2.05) is 13.0 Å². The van der Waals surface area contributed by atoms with Crippen LogP contribution in [0.25, 0.3) is 11.3 Å². The normalized spacial score (nSPS) is 23.2. The van der Waals surface area contributed by atoms with E-state index in [1.165, 1.54) is 6.07 Å². The number of benzene rings is 1. The topological polar surface area (TPSA) is 84.5 Å². The van der Waals surface area contributed by atoms with Crippen LogP contribution in [0.3, 0.4) is 0 Å². The number of nitrogens with zero attached hydrogens (tertiary/aromatic N) is 3. The predicted molar refractivity (Wildman–Crippen MR) is 139 cm³/mol. The van der Waals surface area contributed by atoms with Gasteiger partial charge in [0, 0.05) is 74.9 Å². The quantitative estimate of drug-likeness (QED) is 0.446. The summed E-state index contributed by atoms with van der Waals surface area (Å²) in [6, 6.07) is 5.98. The smallest absolute Gasteiger partial charge is 0.149 e. The highest BCUT2D eigenvalue weighted by atomic mass is 19.1. The fourth-order valence-electron chi connectivity index (χ4n) is 5.53. The van der Waals surface area contributed by atoms with Crippen molar-refractivity contribution in [2.75, 3.05) is 31.2 Å². The number of halogens is 4. The SMILES string of the molecule is C[C@H]1CN(c2ccncc2CCc2ccc(F)c(-c3c(F)cc(C4(F)CCOCC4)cc3F)n2)C[C@@H](N)[C@@H]1O. The molecular weight excluding hydrogens is 512 g/mol. The van der Waals surface area contributed by atoms with Crippen molar-refractivity contribution in [1.29, 1.82) is 0 Å². The Morgan fingerprint density at radius 3 is 2.46 bits per heavy atom. The molecule has 10 heteroatoms. The fraction of sp³-hybridized carbons (Fsp3) is 0.448. The van der Waals surface area contributed by atoms with Gasteiger partial charge in [-0.3, -0.25) is 4.98 Å². The molecule has 0 amide bonds. The van der Waals surface area contributed by atoms with Crippen molar-refractivity contribution in [2.45, 2.75) is 50.4 Å². The van der Waals surface area contributed by atoms with Gasteiger partial charge in [0.15, 0.2) is 0 Å². The van der Waals surface area contributed by atoms with Crippen LogP contribution in [-0.2, 0) is 23.2 Å². The zero-order chi connectivity index (χ0) is 27.7. The zero-order valence-corrected chi connectivity index (χ0v) is 21.7. The molecule has 2 saturated heterocycles. The molecule has 0 radical (unpaired) electrons. The molecule has 2 aromatic heterocycles. The van der Waals surface area contributed by atoms with Crippen LogP contribution in [0.5, 0.6) is 0 Å². The fourth-order valence-corrected chi connectivity index (χ4v) is 5.53. The number of hydrogen-bond donors (Lipinski definition) is 2. The first kappa shape index (κ1) is 27.5. The third kappa shape index (κ3) is 5.64. The molecule has 2 aliphatic rings. The van der Waals surface area contributed by atoms with Gasteiger partial charge in [0.25, 0.3) is 0 Å². The van der Waals surface area contributed by atoms with E-state index in [1.54, 1.807) is 12.4 Å². The zero-order valence-electron chi connectivity index (χ0n) is 21.7. The molecule has 5 rings (SSSR count). The maximum absolute atomic E-state index is 15.3. The molecule has 2 fully saturated rings. The second-order valence-corrected chi connectivity index (χ2v) is 10.6. The summed E-state index contributed by atoms with van der Waals surface area (Å²) in [7, 11) is 0. The van der Waals surface area contributed by atoms with E-state index in [0.29, 0.717) is 31.6 Å². The van der Waals surface area contributed by atoms with Crippen molar-refractivity contribution in [3.63, 3.8) is 0 Å². The second-order valence-electron chi connectivity index (χ2n) is 10.6. The van der Waals surface area contributed by atoms with Crippen LogP contribution in [-0.4, -0.2) is 53.5 Å². The molecule has 3 aromatic rings. The van der Waals surface area contributed by atoms with Crippen molar-refractivity contribution < 1.29 is 27.4 Å². The number of ether oxygens (including phenoxy) is 1. The molecule has 39 heavy (non-hydrogen) atoms. The lowest BCUT2D eigenvalue weighted by atomic mass is 9.87. The number of hydrogen-bond acceptors (Lipinski definition) is 6. The molecule has 0 aliphatic carbocycles. The van der Waals surface area contributed by atoms with Crippen molar-refractivity contribution in [3.05, 3.63) is 77.0 Å². The van der Waals surface area contributed by atoms with Gasteiger partial charge in [-0.2, -0.15) is 0 Å². The van der Waals surface area contributed by atoms with Crippen molar-refractivity contribution in [1.82, 2.24) is 9.97 Å². The Kier molecular flexibility index (Phi) is 7.89. The molecule has 0 saturated carbocycles. The minimum absolute atomic E-state index is 0.00743. The van der Waals surface area contributed by atoms with Crippen LogP contribution in [0.4, 0.5) is 23.2 Å². The van der Waals surface area contributed by atoms with Crippen LogP contribution in [0.2, 0.25) is 0 Å². The number of alkyl halides is 1. The lowest BCUT2D eigenvalue weighted by Crippen LogP contribution is -2.55. The Bertz CT molecular complexity index is 1300.